The van der Waals surface area contributed by atoms with Gasteiger partial charge in [-0.1, -0.05) is 23.2 Å². The number of rotatable bonds is 2. The van der Waals surface area contributed by atoms with Crippen LogP contribution in [0.15, 0.2) is 35.7 Å². The highest BCUT2D eigenvalue weighted by molar-refractivity contribution is 8.00. The molecule has 2 atom stereocenters. The van der Waals surface area contributed by atoms with Gasteiger partial charge in [0.1, 0.15) is 0 Å². The van der Waals surface area contributed by atoms with Gasteiger partial charge in [-0.3, -0.25) is 0 Å². The molecule has 6 heteroatoms. The summed E-state index contributed by atoms with van der Waals surface area (Å²) < 4.78 is 1.95. The number of hydrogen-bond donors (Lipinski definition) is 1. The zero-order valence-electron chi connectivity index (χ0n) is 9.25. The first-order chi connectivity index (χ1) is 8.65. The molecule has 18 heavy (non-hydrogen) atoms. The predicted molar refractivity (Wildman–Crippen MR) is 73.3 cm³/mol. The Kier molecular flexibility index (Phi) is 3.28. The van der Waals surface area contributed by atoms with Gasteiger partial charge in [0.05, 0.1) is 27.7 Å². The molecule has 3 rings (SSSR count). The monoisotopic (exact) mass is 300 g/mol. The summed E-state index contributed by atoms with van der Waals surface area (Å²) >= 11 is 13.6. The second-order valence-corrected chi connectivity index (χ2v) is 6.26. The molecule has 0 aliphatic carbocycles. The third kappa shape index (κ3) is 2.14. The fourth-order valence-corrected chi connectivity index (χ4v) is 3.80. The van der Waals surface area contributed by atoms with Crippen LogP contribution in [-0.2, 0) is 6.54 Å². The minimum absolute atomic E-state index is 0.0590. The van der Waals surface area contributed by atoms with Crippen molar-refractivity contribution in [3.05, 3.63) is 46.5 Å². The van der Waals surface area contributed by atoms with Gasteiger partial charge in [-0.15, -0.1) is 11.8 Å². The number of fused-ring (bicyclic) bond motifs is 1. The highest BCUT2D eigenvalue weighted by Crippen LogP contribution is 2.47. The normalized spacial score (nSPS) is 22.2. The Morgan fingerprint density at radius 1 is 1.33 bits per heavy atom. The number of aliphatic hydroxyl groups excluding tert-OH is 1. The highest BCUT2D eigenvalue weighted by atomic mass is 35.5. The molecule has 1 aromatic carbocycles. The van der Waals surface area contributed by atoms with Gasteiger partial charge in [0, 0.05) is 23.8 Å². The summed E-state index contributed by atoms with van der Waals surface area (Å²) in [5.41, 5.74) is 0.861. The van der Waals surface area contributed by atoms with Crippen molar-refractivity contribution in [2.45, 2.75) is 22.8 Å². The minimum atomic E-state index is -0.526. The van der Waals surface area contributed by atoms with Crippen LogP contribution in [0.25, 0.3) is 0 Å². The van der Waals surface area contributed by atoms with E-state index in [1.54, 1.807) is 30.4 Å². The highest BCUT2D eigenvalue weighted by Gasteiger charge is 2.32. The molecule has 2 heterocycles. The second kappa shape index (κ2) is 4.78. The quantitative estimate of drug-likeness (QED) is 0.924. The molecule has 1 N–H and O–H groups in total. The third-order valence-corrected chi connectivity index (χ3v) is 4.99. The number of benzene rings is 1. The summed E-state index contributed by atoms with van der Waals surface area (Å²) in [7, 11) is 0. The largest absolute Gasteiger partial charge is 0.387 e. The average molecular weight is 301 g/mol. The van der Waals surface area contributed by atoms with Crippen LogP contribution in [0.1, 0.15) is 11.7 Å². The van der Waals surface area contributed by atoms with E-state index in [9.17, 15) is 5.11 Å². The maximum atomic E-state index is 10.3. The summed E-state index contributed by atoms with van der Waals surface area (Å²) in [6.45, 7) is 0.704. The van der Waals surface area contributed by atoms with E-state index in [-0.39, 0.29) is 5.25 Å². The van der Waals surface area contributed by atoms with Gasteiger partial charge >= 0.3 is 0 Å². The Bertz CT molecular complexity index is 574. The van der Waals surface area contributed by atoms with Gasteiger partial charge < -0.3 is 9.67 Å². The summed E-state index contributed by atoms with van der Waals surface area (Å²) in [6.07, 6.45) is 4.83. The van der Waals surface area contributed by atoms with E-state index in [2.05, 4.69) is 4.98 Å². The van der Waals surface area contributed by atoms with E-state index >= 15 is 0 Å². The van der Waals surface area contributed by atoms with Crippen LogP contribution in [0.2, 0.25) is 10.0 Å². The molecule has 1 aromatic heterocycles. The van der Waals surface area contributed by atoms with E-state index in [0.717, 1.165) is 10.5 Å². The van der Waals surface area contributed by atoms with Crippen molar-refractivity contribution < 1.29 is 5.11 Å². The standard InChI is InChI=1S/C12H10Cl2N2OS/c13-8-3-7-10(4-9(8)14)18-11(12(7)17)5-16-2-1-15-6-16/h1-4,6,11-12,17H,5H2. The van der Waals surface area contributed by atoms with Crippen LogP contribution in [0.3, 0.4) is 0 Å². The molecular formula is C12H10Cl2N2OS. The van der Waals surface area contributed by atoms with Crippen LogP contribution in [-0.4, -0.2) is 19.9 Å². The first kappa shape index (κ1) is 12.4. The third-order valence-electron chi connectivity index (χ3n) is 2.95. The topological polar surface area (TPSA) is 38.0 Å². The Morgan fingerprint density at radius 3 is 2.83 bits per heavy atom. The fourth-order valence-electron chi connectivity index (χ4n) is 2.04. The molecule has 0 saturated heterocycles. The maximum absolute atomic E-state index is 10.3. The summed E-state index contributed by atoms with van der Waals surface area (Å²) in [5.74, 6) is 0. The van der Waals surface area contributed by atoms with E-state index in [0.29, 0.717) is 16.6 Å². The lowest BCUT2D eigenvalue weighted by molar-refractivity contribution is 0.170. The number of halogens is 2. The number of imidazole rings is 1. The Balaban J connectivity index is 1.87. The molecular weight excluding hydrogens is 291 g/mol. The van der Waals surface area contributed by atoms with E-state index in [1.165, 1.54) is 0 Å². The first-order valence-corrected chi connectivity index (χ1v) is 7.08. The zero-order chi connectivity index (χ0) is 12.7. The van der Waals surface area contributed by atoms with Gasteiger partial charge in [-0.2, -0.15) is 0 Å². The smallest absolute Gasteiger partial charge is 0.0946 e. The molecule has 0 radical (unpaired) electrons. The lowest BCUT2D eigenvalue weighted by Gasteiger charge is -2.14. The maximum Gasteiger partial charge on any atom is 0.0946 e. The molecule has 2 aromatic rings. The average Bonchev–Trinajstić information content (AvgIpc) is 2.93. The van der Waals surface area contributed by atoms with Crippen LogP contribution < -0.4 is 0 Å². The van der Waals surface area contributed by atoms with Crippen LogP contribution in [0, 0.1) is 0 Å². The van der Waals surface area contributed by atoms with Gasteiger partial charge in [0.15, 0.2) is 0 Å². The Morgan fingerprint density at radius 2 is 2.11 bits per heavy atom. The number of thioether (sulfide) groups is 1. The van der Waals surface area contributed by atoms with Crippen LogP contribution >= 0.6 is 35.0 Å². The van der Waals surface area contributed by atoms with Crippen molar-refractivity contribution in [3.63, 3.8) is 0 Å². The Hall–Kier alpha value is -0.680. The molecule has 0 fully saturated rings. The lowest BCUT2D eigenvalue weighted by Crippen LogP contribution is -2.16. The van der Waals surface area contributed by atoms with Crippen molar-refractivity contribution in [1.82, 2.24) is 9.55 Å². The molecule has 1 aliphatic rings. The van der Waals surface area contributed by atoms with Crippen molar-refractivity contribution in [3.8, 4) is 0 Å². The fraction of sp³-hybridized carbons (Fsp3) is 0.250. The van der Waals surface area contributed by atoms with Crippen molar-refractivity contribution in [2.24, 2.45) is 0 Å². The van der Waals surface area contributed by atoms with Crippen LogP contribution in [0.4, 0.5) is 0 Å². The number of nitrogens with zero attached hydrogens (tertiary/aromatic N) is 2. The molecule has 94 valence electrons. The molecule has 1 aliphatic heterocycles. The predicted octanol–water partition coefficient (Wildman–Crippen LogP) is 3.40. The van der Waals surface area contributed by atoms with E-state index in [4.69, 9.17) is 23.2 Å². The molecule has 0 saturated carbocycles. The molecule has 0 spiro atoms. The first-order valence-electron chi connectivity index (χ1n) is 5.44. The van der Waals surface area contributed by atoms with E-state index in [1.807, 2.05) is 16.8 Å². The SMILES string of the molecule is OC1c2cc(Cl)c(Cl)cc2SC1Cn1ccnc1. The molecule has 3 nitrogen and oxygen atoms in total. The van der Waals surface area contributed by atoms with Crippen molar-refractivity contribution in [2.75, 3.05) is 0 Å². The summed E-state index contributed by atoms with van der Waals surface area (Å²) in [4.78, 5) is 5.00. The number of aromatic nitrogens is 2. The van der Waals surface area contributed by atoms with Gasteiger partial charge in [-0.25, -0.2) is 4.98 Å². The summed E-state index contributed by atoms with van der Waals surface area (Å²) in [5, 5.41) is 11.4. The zero-order valence-corrected chi connectivity index (χ0v) is 11.6. The number of aliphatic hydroxyl groups is 1. The molecule has 2 unspecified atom stereocenters. The number of hydrogen-bond acceptors (Lipinski definition) is 3. The van der Waals surface area contributed by atoms with Crippen LogP contribution in [0.5, 0.6) is 0 Å². The van der Waals surface area contributed by atoms with Gasteiger partial charge in [-0.05, 0) is 17.7 Å². The van der Waals surface area contributed by atoms with Gasteiger partial charge in [0.2, 0.25) is 0 Å². The molecule has 0 bridgehead atoms. The minimum Gasteiger partial charge on any atom is -0.387 e. The van der Waals surface area contributed by atoms with Crippen molar-refractivity contribution in [1.29, 1.82) is 0 Å². The van der Waals surface area contributed by atoms with E-state index < -0.39 is 6.10 Å². The lowest BCUT2D eigenvalue weighted by atomic mass is 10.1. The molecule has 0 amide bonds. The van der Waals surface area contributed by atoms with Gasteiger partial charge in [0.25, 0.3) is 0 Å². The Labute approximate surface area is 119 Å². The summed E-state index contributed by atoms with van der Waals surface area (Å²) in [6, 6.07) is 3.58. The van der Waals surface area contributed by atoms with Crippen molar-refractivity contribution >= 4 is 35.0 Å². The second-order valence-electron chi connectivity index (χ2n) is 4.16.